The molecule has 1 rings (SSSR count). The molecule has 5 heteroatoms. The van der Waals surface area contributed by atoms with Crippen LogP contribution in [-0.4, -0.2) is 29.5 Å². The van der Waals surface area contributed by atoms with Gasteiger partial charge in [-0.1, -0.05) is 26.7 Å². The summed E-state index contributed by atoms with van der Waals surface area (Å²) < 4.78 is 11.8. The van der Waals surface area contributed by atoms with Gasteiger partial charge in [0.15, 0.2) is 0 Å². The fourth-order valence-corrected chi connectivity index (χ4v) is 2.72. The van der Waals surface area contributed by atoms with E-state index in [0.717, 1.165) is 44.5 Å². The lowest BCUT2D eigenvalue weighted by Crippen LogP contribution is -2.26. The number of carbonyl (C=O) groups excluding carboxylic acids is 1. The van der Waals surface area contributed by atoms with Gasteiger partial charge in [0.25, 0.3) is 0 Å². The molecule has 2 N–H and O–H groups in total. The molecule has 0 fully saturated rings. The van der Waals surface area contributed by atoms with E-state index in [1.807, 2.05) is 12.1 Å². The Morgan fingerprint density at radius 2 is 1.71 bits per heavy atom. The molecule has 0 saturated carbocycles. The summed E-state index contributed by atoms with van der Waals surface area (Å²) >= 11 is 0. The first-order valence-electron chi connectivity index (χ1n) is 7.52. The molecule has 0 aliphatic carbocycles. The van der Waals surface area contributed by atoms with Crippen molar-refractivity contribution >= 4 is 22.4 Å². The van der Waals surface area contributed by atoms with Crippen molar-refractivity contribution < 1.29 is 9.00 Å². The van der Waals surface area contributed by atoms with Crippen molar-refractivity contribution in [2.75, 3.05) is 24.2 Å². The number of benzene rings is 1. The lowest BCUT2D eigenvalue weighted by atomic mass is 10.1. The highest BCUT2D eigenvalue weighted by molar-refractivity contribution is 7.84. The van der Waals surface area contributed by atoms with Crippen LogP contribution in [0.2, 0.25) is 0 Å². The van der Waals surface area contributed by atoms with E-state index in [1.165, 1.54) is 0 Å². The van der Waals surface area contributed by atoms with Gasteiger partial charge in [0.05, 0.1) is 0 Å². The average Bonchev–Trinajstić information content (AvgIpc) is 2.46. The zero-order valence-corrected chi connectivity index (χ0v) is 14.0. The molecule has 0 heterocycles. The largest absolute Gasteiger partial charge is 0.371 e. The van der Waals surface area contributed by atoms with E-state index in [0.29, 0.717) is 10.5 Å². The van der Waals surface area contributed by atoms with Crippen molar-refractivity contribution in [3.63, 3.8) is 0 Å². The summed E-state index contributed by atoms with van der Waals surface area (Å²) in [6, 6.07) is 5.34. The minimum Gasteiger partial charge on any atom is -0.371 e. The summed E-state index contributed by atoms with van der Waals surface area (Å²) in [5.74, 6) is -0.477. The molecular weight excluding hydrogens is 284 g/mol. The highest BCUT2D eigenvalue weighted by atomic mass is 32.2. The highest BCUT2D eigenvalue weighted by Crippen LogP contribution is 2.22. The maximum absolute atomic E-state index is 11.8. The summed E-state index contributed by atoms with van der Waals surface area (Å²) in [6.45, 7) is 6.19. The van der Waals surface area contributed by atoms with Gasteiger partial charge in [-0.2, -0.15) is 0 Å². The van der Waals surface area contributed by atoms with E-state index >= 15 is 0 Å². The third-order valence-corrected chi connectivity index (χ3v) is 4.34. The summed E-state index contributed by atoms with van der Waals surface area (Å²) in [5, 5.41) is 0. The Morgan fingerprint density at radius 3 is 2.14 bits per heavy atom. The van der Waals surface area contributed by atoms with Crippen LogP contribution in [0.25, 0.3) is 0 Å². The normalized spacial score (nSPS) is 12.1. The monoisotopic (exact) mass is 310 g/mol. The zero-order valence-electron chi connectivity index (χ0n) is 13.2. The average molecular weight is 310 g/mol. The Labute approximate surface area is 130 Å². The lowest BCUT2D eigenvalue weighted by molar-refractivity contribution is 0.1000. The fourth-order valence-electron chi connectivity index (χ4n) is 2.14. The fraction of sp³-hybridized carbons (Fsp3) is 0.562. The molecule has 1 aromatic rings. The number of carbonyl (C=O) groups is 1. The van der Waals surface area contributed by atoms with Crippen LogP contribution in [0.5, 0.6) is 0 Å². The summed E-state index contributed by atoms with van der Waals surface area (Å²) in [6.07, 6.45) is 6.03. The van der Waals surface area contributed by atoms with Gasteiger partial charge in [-0.15, -0.1) is 0 Å². The van der Waals surface area contributed by atoms with Gasteiger partial charge in [-0.3, -0.25) is 9.00 Å². The van der Waals surface area contributed by atoms with Crippen molar-refractivity contribution in [1.82, 2.24) is 0 Å². The minimum absolute atomic E-state index is 0.427. The lowest BCUT2D eigenvalue weighted by Gasteiger charge is -2.25. The number of nitrogens with two attached hydrogens (primary N) is 1. The molecule has 0 aromatic heterocycles. The third-order valence-electron chi connectivity index (χ3n) is 3.44. The van der Waals surface area contributed by atoms with Gasteiger partial charge in [0.2, 0.25) is 5.91 Å². The number of unbranched alkanes of at least 4 members (excludes halogenated alkanes) is 2. The Bertz CT molecular complexity index is 463. The smallest absolute Gasteiger partial charge is 0.248 e. The molecule has 0 aliphatic heterocycles. The standard InChI is InChI=1S/C16H26N2O2S/c1-4-6-8-18(9-7-5-2)14-10-13(16(17)19)11-15(12-14)21(3)20/h10-12H,4-9H2,1-3H3,(H2,17,19). The second-order valence-electron chi connectivity index (χ2n) is 5.23. The number of hydrogen-bond acceptors (Lipinski definition) is 3. The second kappa shape index (κ2) is 8.82. The van der Waals surface area contributed by atoms with Gasteiger partial charge in [0, 0.05) is 46.3 Å². The van der Waals surface area contributed by atoms with Crippen LogP contribution < -0.4 is 10.6 Å². The molecule has 21 heavy (non-hydrogen) atoms. The van der Waals surface area contributed by atoms with Crippen molar-refractivity contribution in [3.05, 3.63) is 23.8 Å². The Hall–Kier alpha value is -1.36. The van der Waals surface area contributed by atoms with Gasteiger partial charge >= 0.3 is 0 Å². The number of nitrogens with zero attached hydrogens (tertiary/aromatic N) is 1. The van der Waals surface area contributed by atoms with E-state index in [9.17, 15) is 9.00 Å². The van der Waals surface area contributed by atoms with Crippen LogP contribution in [-0.2, 0) is 10.8 Å². The second-order valence-corrected chi connectivity index (χ2v) is 6.61. The third kappa shape index (κ3) is 5.50. The summed E-state index contributed by atoms with van der Waals surface area (Å²) in [7, 11) is -1.13. The first kappa shape index (κ1) is 17.7. The Kier molecular flexibility index (Phi) is 7.43. The van der Waals surface area contributed by atoms with Crippen molar-refractivity contribution in [3.8, 4) is 0 Å². The molecule has 1 atom stereocenters. The molecule has 1 unspecified atom stereocenters. The number of hydrogen-bond donors (Lipinski definition) is 1. The Balaban J connectivity index is 3.14. The molecular formula is C16H26N2O2S. The number of anilines is 1. The van der Waals surface area contributed by atoms with Crippen LogP contribution in [0.4, 0.5) is 5.69 Å². The van der Waals surface area contributed by atoms with Gasteiger partial charge in [-0.05, 0) is 31.0 Å². The molecule has 0 saturated heterocycles. The first-order valence-corrected chi connectivity index (χ1v) is 9.08. The van der Waals surface area contributed by atoms with E-state index in [4.69, 9.17) is 5.73 Å². The highest BCUT2D eigenvalue weighted by Gasteiger charge is 2.12. The van der Waals surface area contributed by atoms with Gasteiger partial charge < -0.3 is 10.6 Å². The number of rotatable bonds is 9. The van der Waals surface area contributed by atoms with Crippen LogP contribution in [0, 0.1) is 0 Å². The minimum atomic E-state index is -1.13. The molecule has 0 aliphatic rings. The molecule has 0 bridgehead atoms. The molecule has 0 spiro atoms. The number of amides is 1. The molecule has 1 amide bonds. The topological polar surface area (TPSA) is 63.4 Å². The summed E-state index contributed by atoms with van der Waals surface area (Å²) in [5.41, 5.74) is 6.77. The van der Waals surface area contributed by atoms with E-state index in [-0.39, 0.29) is 0 Å². The van der Waals surface area contributed by atoms with Crippen LogP contribution in [0.3, 0.4) is 0 Å². The molecule has 118 valence electrons. The predicted molar refractivity (Wildman–Crippen MR) is 89.3 cm³/mol. The van der Waals surface area contributed by atoms with Crippen molar-refractivity contribution in [2.45, 2.75) is 44.4 Å². The molecule has 1 aromatic carbocycles. The van der Waals surface area contributed by atoms with Gasteiger partial charge in [-0.25, -0.2) is 0 Å². The molecule has 4 nitrogen and oxygen atoms in total. The van der Waals surface area contributed by atoms with Crippen molar-refractivity contribution in [2.24, 2.45) is 5.73 Å². The van der Waals surface area contributed by atoms with Gasteiger partial charge in [0.1, 0.15) is 0 Å². The van der Waals surface area contributed by atoms with E-state index in [1.54, 1.807) is 12.3 Å². The number of primary amides is 1. The Morgan fingerprint density at radius 1 is 1.14 bits per heavy atom. The zero-order chi connectivity index (χ0) is 15.8. The van der Waals surface area contributed by atoms with Crippen LogP contribution in [0.1, 0.15) is 49.9 Å². The SMILES string of the molecule is CCCCN(CCCC)c1cc(C(N)=O)cc(S(C)=O)c1. The van der Waals surface area contributed by atoms with E-state index in [2.05, 4.69) is 18.7 Å². The maximum atomic E-state index is 11.8. The maximum Gasteiger partial charge on any atom is 0.248 e. The van der Waals surface area contributed by atoms with E-state index < -0.39 is 16.7 Å². The molecule has 0 radical (unpaired) electrons. The van der Waals surface area contributed by atoms with Crippen LogP contribution in [0.15, 0.2) is 23.1 Å². The quantitative estimate of drug-likeness (QED) is 0.763. The van der Waals surface area contributed by atoms with Crippen LogP contribution >= 0.6 is 0 Å². The van der Waals surface area contributed by atoms with Crippen molar-refractivity contribution in [1.29, 1.82) is 0 Å². The summed E-state index contributed by atoms with van der Waals surface area (Å²) in [4.78, 5) is 14.4. The first-order chi connectivity index (χ1) is 9.99. The predicted octanol–water partition coefficient (Wildman–Crippen LogP) is 2.93.